The van der Waals surface area contributed by atoms with Gasteiger partial charge in [-0.3, -0.25) is 0 Å². The summed E-state index contributed by atoms with van der Waals surface area (Å²) in [6.45, 7) is 42.9. The molecule has 0 bridgehead atoms. The Morgan fingerprint density at radius 1 is 0.386 bits per heavy atom. The summed E-state index contributed by atoms with van der Waals surface area (Å²) in [6.07, 6.45) is 29.6. The molecule has 1 saturated heterocycles. The molecule has 11 aromatic rings. The fourth-order valence-electron chi connectivity index (χ4n) is 18.1. The second kappa shape index (κ2) is 47.2. The van der Waals surface area contributed by atoms with Gasteiger partial charge in [-0.05, 0) is 388 Å². The Morgan fingerprint density at radius 2 is 0.661 bits per heavy atom. The minimum Gasteiger partial charge on any atom is -0.399 e. The van der Waals surface area contributed by atoms with Crippen LogP contribution in [0.25, 0.3) is 44.5 Å². The van der Waals surface area contributed by atoms with Crippen LogP contribution in [-0.4, -0.2) is 47.6 Å². The molecule has 1 heterocycles. The van der Waals surface area contributed by atoms with Crippen molar-refractivity contribution in [2.24, 2.45) is 0 Å². The molecule has 4 nitrogen and oxygen atoms in total. The largest absolute Gasteiger partial charge is 0.494 e. The van der Waals surface area contributed by atoms with E-state index in [0.717, 1.165) is 45.6 Å². The molecular formula is C117H140B2Br3IO4. The van der Waals surface area contributed by atoms with Crippen molar-refractivity contribution in [2.45, 2.75) is 307 Å². The van der Waals surface area contributed by atoms with Crippen molar-refractivity contribution in [3.8, 4) is 68.7 Å². The van der Waals surface area contributed by atoms with Crippen LogP contribution in [-0.2, 0) is 45.8 Å². The lowest BCUT2D eigenvalue weighted by Crippen LogP contribution is -2.44. The zero-order valence-corrected chi connectivity index (χ0v) is 87.1. The third kappa shape index (κ3) is 24.9. The van der Waals surface area contributed by atoms with Crippen molar-refractivity contribution in [3.63, 3.8) is 0 Å². The highest BCUT2D eigenvalue weighted by molar-refractivity contribution is 14.1. The minimum absolute atomic E-state index is 0.412. The number of hydrogen-bond donors (Lipinski definition) is 2. The first kappa shape index (κ1) is 103. The molecule has 2 radical (unpaired) electrons. The lowest BCUT2D eigenvalue weighted by Gasteiger charge is -2.35. The summed E-state index contributed by atoms with van der Waals surface area (Å²) in [5.41, 5.74) is 32.3. The van der Waals surface area contributed by atoms with Crippen molar-refractivity contribution in [1.29, 1.82) is 0 Å². The summed E-state index contributed by atoms with van der Waals surface area (Å²) < 4.78 is 18.0. The van der Waals surface area contributed by atoms with Crippen molar-refractivity contribution >= 4 is 96.3 Å². The lowest BCUT2D eigenvalue weighted by molar-refractivity contribution is -0.107. The summed E-state index contributed by atoms with van der Waals surface area (Å²) in [6, 6.07) is 79.6. The number of rotatable bonds is 28. The molecule has 1 fully saturated rings. The maximum absolute atomic E-state index is 9.10. The normalized spacial score (nSPS) is 13.8. The van der Waals surface area contributed by atoms with E-state index in [1.54, 1.807) is 34.6 Å². The van der Waals surface area contributed by atoms with Crippen LogP contribution in [0, 0.1) is 69.3 Å². The number of halogens is 4. The minimum atomic E-state index is -1.01. The molecule has 11 aromatic carbocycles. The third-order valence-electron chi connectivity index (χ3n) is 26.3. The maximum atomic E-state index is 9.10. The topological polar surface area (TPSA) is 58.9 Å². The first-order valence-corrected chi connectivity index (χ1v) is 50.4. The summed E-state index contributed by atoms with van der Waals surface area (Å²) in [5, 5.41) is 18.2. The smallest absolute Gasteiger partial charge is 0.399 e. The number of unbranched alkanes of at least 4 members (excludes halogenated alkanes) is 12. The fourth-order valence-corrected chi connectivity index (χ4v) is 20.5. The molecule has 127 heavy (non-hydrogen) atoms. The van der Waals surface area contributed by atoms with Gasteiger partial charge < -0.3 is 19.5 Å². The van der Waals surface area contributed by atoms with Crippen LogP contribution >= 0.6 is 70.4 Å². The standard InChI is InChI=1S/C53H56Br2.C43H52B2O2.C8H8BrI.C6H14O2.C5H4.C2H6/c1-7-9-11-13-15-39-17-23-43(24-18-39)53(44-25-19-40(20-26-44)16-14-12-10-8-2)49-33-41(51-35(3)29-45(54)30-36(51)4)21-27-47(49)48-28-22-42(34-50(48)53)52-37(5)31-46(55)32-38(52)6;1-7-9-11-13-15-31-17-21-33(22-18-31)43(34-23-19-32(20-24-34)16-14-12-10-8-2)39-29-35(44)25-27-37(39)38-28-26-36(30-40(38)43)45-46-41(3,4)42(5,6)47-45;1-5-3-7(9)4-6(2)8(5)10;1-5(2,7)6(3,4)8;1-3-5-4-2;1-2/h17-34H,7-16H2,1-6H3;17-30H,7-16H2,1-6H3;3-4H,1-2H3;7-8H,1-4H3;1H,2H3;1-2H3. The molecule has 0 atom stereocenters. The molecule has 0 unspecified atom stereocenters. The predicted molar refractivity (Wildman–Crippen MR) is 568 cm³/mol. The monoisotopic (exact) mass is 1990 g/mol. The van der Waals surface area contributed by atoms with E-state index in [2.05, 4.69) is 385 Å². The van der Waals surface area contributed by atoms with Gasteiger partial charge in [0.1, 0.15) is 7.85 Å². The average molecular weight is 2000 g/mol. The number of hydrogen-bond acceptors (Lipinski definition) is 4. The Morgan fingerprint density at radius 3 is 0.937 bits per heavy atom. The quantitative estimate of drug-likeness (QED) is 0.0222. The van der Waals surface area contributed by atoms with Gasteiger partial charge in [-0.2, -0.15) is 0 Å². The first-order chi connectivity index (χ1) is 60.5. The van der Waals surface area contributed by atoms with Crippen LogP contribution in [0.4, 0.5) is 0 Å². The zero-order valence-electron chi connectivity index (χ0n) is 80.2. The average Bonchev–Trinajstić information content (AvgIpc) is 1.54. The molecule has 3 aliphatic rings. The van der Waals surface area contributed by atoms with Gasteiger partial charge in [0.2, 0.25) is 0 Å². The van der Waals surface area contributed by atoms with Crippen LogP contribution in [0.1, 0.15) is 307 Å². The van der Waals surface area contributed by atoms with E-state index in [-0.39, 0.29) is 0 Å². The summed E-state index contributed by atoms with van der Waals surface area (Å²) in [4.78, 5) is 0. The Bertz CT molecular complexity index is 5250. The van der Waals surface area contributed by atoms with E-state index in [4.69, 9.17) is 33.8 Å². The van der Waals surface area contributed by atoms with E-state index in [1.807, 2.05) is 19.9 Å². The number of terminal acetylenes is 1. The molecule has 10 heteroatoms. The Labute approximate surface area is 807 Å². The van der Waals surface area contributed by atoms with E-state index in [0.29, 0.717) is 0 Å². The molecule has 666 valence electrons. The van der Waals surface area contributed by atoms with E-state index < -0.39 is 40.4 Å². The van der Waals surface area contributed by atoms with Gasteiger partial charge >= 0.3 is 7.12 Å². The van der Waals surface area contributed by atoms with Crippen LogP contribution in [0.15, 0.2) is 220 Å². The van der Waals surface area contributed by atoms with Crippen LogP contribution in [0.2, 0.25) is 0 Å². The van der Waals surface area contributed by atoms with E-state index in [1.165, 1.54) is 255 Å². The highest BCUT2D eigenvalue weighted by Crippen LogP contribution is 2.60. The number of aryl methyl sites for hydroxylation is 10. The molecule has 2 N–H and O–H groups in total. The fraction of sp³-hybridized carbons (Fsp3) is 0.402. The maximum Gasteiger partial charge on any atom is 0.494 e. The van der Waals surface area contributed by atoms with Crippen molar-refractivity contribution < 1.29 is 19.5 Å². The second-order valence-corrected chi connectivity index (χ2v) is 40.9. The zero-order chi connectivity index (χ0) is 92.8. The molecular weight excluding hydrogens is 1860 g/mol. The van der Waals surface area contributed by atoms with Gasteiger partial charge in [0.15, 0.2) is 0 Å². The second-order valence-electron chi connectivity index (χ2n) is 37.1. The third-order valence-corrected chi connectivity index (χ3v) is 29.4. The highest BCUT2D eigenvalue weighted by atomic mass is 127. The molecule has 0 aromatic heterocycles. The molecule has 0 saturated carbocycles. The molecule has 0 spiro atoms. The molecule has 2 aliphatic carbocycles. The first-order valence-electron chi connectivity index (χ1n) is 46.9. The van der Waals surface area contributed by atoms with Crippen LogP contribution in [0.5, 0.6) is 0 Å². The van der Waals surface area contributed by atoms with Gasteiger partial charge in [0.05, 0.1) is 33.2 Å². The highest BCUT2D eigenvalue weighted by Gasteiger charge is 2.54. The van der Waals surface area contributed by atoms with Gasteiger partial charge in [0, 0.05) is 17.0 Å². The predicted octanol–water partition coefficient (Wildman–Crippen LogP) is 31.6. The summed E-state index contributed by atoms with van der Waals surface area (Å²) in [7, 11) is 6.16. The number of fused-ring (bicyclic) bond motifs is 6. The van der Waals surface area contributed by atoms with Gasteiger partial charge in [-0.1, -0.05) is 335 Å². The molecule has 0 amide bonds. The Balaban J connectivity index is 0.000000227. The Kier molecular flexibility index (Phi) is 38.4. The van der Waals surface area contributed by atoms with Crippen molar-refractivity contribution in [3.05, 3.63) is 323 Å². The van der Waals surface area contributed by atoms with E-state index in [9.17, 15) is 0 Å². The summed E-state index contributed by atoms with van der Waals surface area (Å²) >= 11 is 13.3. The lowest BCUT2D eigenvalue weighted by atomic mass is 9.65. The van der Waals surface area contributed by atoms with Gasteiger partial charge in [-0.25, -0.2) is 0 Å². The van der Waals surface area contributed by atoms with Crippen molar-refractivity contribution in [2.75, 3.05) is 0 Å². The number of aliphatic hydroxyl groups is 2. The Hall–Kier alpha value is -7.32. The molecule has 14 rings (SSSR count). The van der Waals surface area contributed by atoms with E-state index >= 15 is 0 Å². The number of benzene rings is 11. The van der Waals surface area contributed by atoms with Crippen LogP contribution < -0.4 is 10.9 Å². The van der Waals surface area contributed by atoms with Crippen LogP contribution in [0.3, 0.4) is 0 Å². The SMILES string of the molecule is C#CC#CC.CC.CC(C)(O)C(C)(C)O.CCCCCCc1ccc(C2(c3ccc(CCCCCC)cc3)c3cc(-c4c(C)cc(Br)cc4C)ccc3-c3ccc(-c4c(C)cc(Br)cc4C)cc32)cc1.Cc1cc(Br)cc(C)c1I.[B]c1ccc2c(c1)C(c1ccc(CCCCCC)cc1)(c1ccc(CCCCCC)cc1)c1cc(B3OC(C)(C)C(C)(C)O3)ccc1-2. The van der Waals surface area contributed by atoms with Gasteiger partial charge in [0.25, 0.3) is 0 Å². The summed E-state index contributed by atoms with van der Waals surface area (Å²) in [5.74, 6) is 7.08. The van der Waals surface area contributed by atoms with Gasteiger partial charge in [-0.15, -0.1) is 6.42 Å². The molecule has 1 aliphatic heterocycles. The van der Waals surface area contributed by atoms with Crippen molar-refractivity contribution in [1.82, 2.24) is 0 Å².